The lowest BCUT2D eigenvalue weighted by molar-refractivity contribution is 0.446. The van der Waals surface area contributed by atoms with E-state index in [1.807, 2.05) is 11.7 Å². The maximum atomic E-state index is 4.66. The second kappa shape index (κ2) is 4.99. The van der Waals surface area contributed by atoms with Gasteiger partial charge in [0.05, 0.1) is 11.7 Å². The Morgan fingerprint density at radius 2 is 2.19 bits per heavy atom. The van der Waals surface area contributed by atoms with Crippen molar-refractivity contribution in [2.75, 3.05) is 6.54 Å². The van der Waals surface area contributed by atoms with Crippen LogP contribution in [0.15, 0.2) is 36.5 Å². The van der Waals surface area contributed by atoms with Crippen molar-refractivity contribution in [3.8, 4) is 0 Å². The first-order chi connectivity index (χ1) is 10.3. The molecule has 0 radical (unpaired) electrons. The third-order valence-electron chi connectivity index (χ3n) is 5.25. The lowest BCUT2D eigenvalue weighted by Gasteiger charge is -2.16. The molecule has 4 unspecified atom stereocenters. The third-order valence-corrected chi connectivity index (χ3v) is 5.25. The molecule has 4 rings (SSSR count). The smallest absolute Gasteiger partial charge is 0.0797 e. The molecule has 0 aliphatic heterocycles. The summed E-state index contributed by atoms with van der Waals surface area (Å²) in [6.07, 6.45) is 4.63. The molecule has 21 heavy (non-hydrogen) atoms. The fraction of sp³-hybridized carbons (Fsp3) is 0.500. The van der Waals surface area contributed by atoms with Gasteiger partial charge in [0.2, 0.25) is 0 Å². The van der Waals surface area contributed by atoms with Gasteiger partial charge in [-0.25, -0.2) is 0 Å². The SMILES string of the molecule is CCNC(c1ccn(C)n1)C1C2CCc3ccccc3C21. The van der Waals surface area contributed by atoms with Crippen LogP contribution in [0, 0.1) is 11.8 Å². The lowest BCUT2D eigenvalue weighted by atomic mass is 9.92. The summed E-state index contributed by atoms with van der Waals surface area (Å²) in [6.45, 7) is 3.19. The Kier molecular flexibility index (Phi) is 3.11. The highest BCUT2D eigenvalue weighted by Crippen LogP contribution is 2.64. The molecule has 110 valence electrons. The number of benzene rings is 1. The zero-order valence-electron chi connectivity index (χ0n) is 12.8. The maximum absolute atomic E-state index is 4.66. The highest BCUT2D eigenvalue weighted by atomic mass is 15.3. The van der Waals surface area contributed by atoms with Crippen molar-refractivity contribution in [1.82, 2.24) is 15.1 Å². The summed E-state index contributed by atoms with van der Waals surface area (Å²) in [5.41, 5.74) is 4.37. The van der Waals surface area contributed by atoms with Gasteiger partial charge >= 0.3 is 0 Å². The molecular weight excluding hydrogens is 258 g/mol. The van der Waals surface area contributed by atoms with Gasteiger partial charge < -0.3 is 5.32 Å². The van der Waals surface area contributed by atoms with Gasteiger partial charge in [-0.3, -0.25) is 4.68 Å². The molecule has 1 heterocycles. The Morgan fingerprint density at radius 1 is 1.33 bits per heavy atom. The van der Waals surface area contributed by atoms with E-state index in [9.17, 15) is 0 Å². The molecule has 2 aromatic rings. The van der Waals surface area contributed by atoms with Gasteiger partial charge in [0.1, 0.15) is 0 Å². The number of hydrogen-bond donors (Lipinski definition) is 1. The fourth-order valence-electron chi connectivity index (χ4n) is 4.33. The van der Waals surface area contributed by atoms with Crippen molar-refractivity contribution in [2.24, 2.45) is 18.9 Å². The number of hydrogen-bond acceptors (Lipinski definition) is 2. The predicted octanol–water partition coefficient (Wildman–Crippen LogP) is 3.05. The molecule has 1 saturated carbocycles. The number of nitrogens with zero attached hydrogens (tertiary/aromatic N) is 2. The van der Waals surface area contributed by atoms with Gasteiger partial charge in [0.25, 0.3) is 0 Å². The minimum atomic E-state index is 0.400. The molecule has 1 aromatic heterocycles. The largest absolute Gasteiger partial charge is 0.309 e. The quantitative estimate of drug-likeness (QED) is 0.933. The Morgan fingerprint density at radius 3 is 2.95 bits per heavy atom. The first-order valence-electron chi connectivity index (χ1n) is 8.10. The second-order valence-electron chi connectivity index (χ2n) is 6.45. The van der Waals surface area contributed by atoms with Crippen LogP contribution >= 0.6 is 0 Å². The number of aryl methyl sites for hydroxylation is 2. The Balaban J connectivity index is 1.65. The van der Waals surface area contributed by atoms with Crippen molar-refractivity contribution in [1.29, 1.82) is 0 Å². The minimum absolute atomic E-state index is 0.400. The van der Waals surface area contributed by atoms with Gasteiger partial charge in [-0.05, 0) is 54.3 Å². The van der Waals surface area contributed by atoms with Crippen molar-refractivity contribution < 1.29 is 0 Å². The summed E-state index contributed by atoms with van der Waals surface area (Å²) in [4.78, 5) is 0. The van der Waals surface area contributed by atoms with Crippen molar-refractivity contribution in [2.45, 2.75) is 31.7 Å². The molecule has 0 saturated heterocycles. The first kappa shape index (κ1) is 13.1. The number of aromatic nitrogens is 2. The average Bonchev–Trinajstić information content (AvgIpc) is 3.09. The molecule has 2 aliphatic carbocycles. The lowest BCUT2D eigenvalue weighted by Crippen LogP contribution is -2.24. The van der Waals surface area contributed by atoms with Gasteiger partial charge in [0.15, 0.2) is 0 Å². The van der Waals surface area contributed by atoms with Crippen LogP contribution in [0.1, 0.15) is 42.1 Å². The van der Waals surface area contributed by atoms with E-state index in [2.05, 4.69) is 53.9 Å². The molecule has 1 aromatic carbocycles. The maximum Gasteiger partial charge on any atom is 0.0797 e. The molecule has 3 nitrogen and oxygen atoms in total. The summed E-state index contributed by atoms with van der Waals surface area (Å²) in [5.74, 6) is 2.29. The molecule has 2 aliphatic rings. The Hall–Kier alpha value is -1.61. The van der Waals surface area contributed by atoms with E-state index < -0.39 is 0 Å². The van der Waals surface area contributed by atoms with Gasteiger partial charge in [-0.2, -0.15) is 5.10 Å². The molecule has 3 heteroatoms. The second-order valence-corrected chi connectivity index (χ2v) is 6.45. The number of nitrogens with one attached hydrogen (secondary N) is 1. The van der Waals surface area contributed by atoms with Crippen molar-refractivity contribution in [3.63, 3.8) is 0 Å². The third kappa shape index (κ3) is 2.11. The van der Waals surface area contributed by atoms with Crippen LogP contribution in [-0.4, -0.2) is 16.3 Å². The summed E-state index contributed by atoms with van der Waals surface area (Å²) in [5, 5.41) is 8.34. The van der Waals surface area contributed by atoms with E-state index in [0.717, 1.165) is 18.4 Å². The summed E-state index contributed by atoms with van der Waals surface area (Å²) < 4.78 is 1.92. The topological polar surface area (TPSA) is 29.9 Å². The van der Waals surface area contributed by atoms with E-state index in [0.29, 0.717) is 12.0 Å². The highest BCUT2D eigenvalue weighted by molar-refractivity contribution is 5.40. The molecule has 0 amide bonds. The summed E-state index contributed by atoms with van der Waals surface area (Å²) in [6, 6.07) is 11.6. The molecule has 0 bridgehead atoms. The number of rotatable bonds is 4. The predicted molar refractivity (Wildman–Crippen MR) is 84.1 cm³/mol. The van der Waals surface area contributed by atoms with Crippen molar-refractivity contribution >= 4 is 0 Å². The van der Waals surface area contributed by atoms with E-state index in [-0.39, 0.29) is 0 Å². The summed E-state index contributed by atoms with van der Waals surface area (Å²) in [7, 11) is 2.00. The van der Waals surface area contributed by atoms with Crippen LogP contribution in [0.5, 0.6) is 0 Å². The molecule has 1 N–H and O–H groups in total. The number of fused-ring (bicyclic) bond motifs is 3. The molecule has 1 fully saturated rings. The molecule has 0 spiro atoms. The summed E-state index contributed by atoms with van der Waals surface area (Å²) >= 11 is 0. The molecular formula is C18H23N3. The van der Waals surface area contributed by atoms with Crippen LogP contribution in [-0.2, 0) is 13.5 Å². The van der Waals surface area contributed by atoms with E-state index in [1.165, 1.54) is 18.5 Å². The molecule has 4 atom stereocenters. The highest BCUT2D eigenvalue weighted by Gasteiger charge is 2.56. The van der Waals surface area contributed by atoms with Gasteiger partial charge in [-0.1, -0.05) is 31.2 Å². The van der Waals surface area contributed by atoms with Crippen LogP contribution in [0.3, 0.4) is 0 Å². The van der Waals surface area contributed by atoms with E-state index in [1.54, 1.807) is 11.1 Å². The van der Waals surface area contributed by atoms with E-state index in [4.69, 9.17) is 0 Å². The van der Waals surface area contributed by atoms with Gasteiger partial charge in [0, 0.05) is 13.2 Å². The fourth-order valence-corrected chi connectivity index (χ4v) is 4.33. The van der Waals surface area contributed by atoms with Gasteiger partial charge in [-0.15, -0.1) is 0 Å². The van der Waals surface area contributed by atoms with Crippen LogP contribution in [0.25, 0.3) is 0 Å². The normalized spacial score (nSPS) is 27.8. The van der Waals surface area contributed by atoms with Crippen LogP contribution < -0.4 is 5.32 Å². The average molecular weight is 281 g/mol. The standard InChI is InChI=1S/C18H23N3/c1-3-19-18(15-10-11-21(2)20-15)17-14-9-8-12-6-4-5-7-13(12)16(14)17/h4-7,10-11,14,16-19H,3,8-9H2,1-2H3. The Labute approximate surface area is 126 Å². The Bertz CT molecular complexity index is 645. The minimum Gasteiger partial charge on any atom is -0.309 e. The zero-order chi connectivity index (χ0) is 14.4. The van der Waals surface area contributed by atoms with Crippen LogP contribution in [0.2, 0.25) is 0 Å². The monoisotopic (exact) mass is 281 g/mol. The van der Waals surface area contributed by atoms with Crippen LogP contribution in [0.4, 0.5) is 0 Å². The first-order valence-corrected chi connectivity index (χ1v) is 8.10. The zero-order valence-corrected chi connectivity index (χ0v) is 12.8. The van der Waals surface area contributed by atoms with E-state index >= 15 is 0 Å². The van der Waals surface area contributed by atoms with Crippen molar-refractivity contribution in [3.05, 3.63) is 53.3 Å².